The Morgan fingerprint density at radius 1 is 1.07 bits per heavy atom. The van der Waals surface area contributed by atoms with Gasteiger partial charge in [-0.2, -0.15) is 0 Å². The van der Waals surface area contributed by atoms with Crippen molar-refractivity contribution in [3.05, 3.63) is 0 Å². The molecule has 1 fully saturated rings. The number of β-amino-alcohol motifs (C(OH)–C–C–N with tert-alkyl or cyclic N) is 2. The smallest absolute Gasteiger partial charge is 0.108 e. The van der Waals surface area contributed by atoms with Crippen molar-refractivity contribution < 1.29 is 15.3 Å². The van der Waals surface area contributed by atoms with Gasteiger partial charge in [-0.15, -0.1) is 0 Å². The van der Waals surface area contributed by atoms with Crippen molar-refractivity contribution in [1.29, 1.82) is 0 Å². The molecule has 0 bridgehead atoms. The standard InChI is InChI=1S/C10H21NO3/c1-2-3-4-5-11-6-8(12)10(14)9(13)7-11/h8-10,12-14H,2-7H2,1H3/t8-,9-/m1/s1. The lowest BCUT2D eigenvalue weighted by atomic mass is 10.0. The number of unbranched alkanes of at least 4 members (excludes halogenated alkanes) is 2. The first-order valence-electron chi connectivity index (χ1n) is 5.41. The van der Waals surface area contributed by atoms with Crippen molar-refractivity contribution in [2.45, 2.75) is 44.5 Å². The van der Waals surface area contributed by atoms with Gasteiger partial charge in [-0.05, 0) is 13.0 Å². The molecule has 0 amide bonds. The maximum atomic E-state index is 9.42. The number of piperidine rings is 1. The van der Waals surface area contributed by atoms with Crippen molar-refractivity contribution in [1.82, 2.24) is 4.90 Å². The minimum Gasteiger partial charge on any atom is -0.389 e. The van der Waals surface area contributed by atoms with E-state index in [1.54, 1.807) is 0 Å². The third kappa shape index (κ3) is 3.20. The highest BCUT2D eigenvalue weighted by atomic mass is 16.4. The Morgan fingerprint density at radius 2 is 1.64 bits per heavy atom. The summed E-state index contributed by atoms with van der Waals surface area (Å²) in [6, 6.07) is 0. The number of nitrogens with zero attached hydrogens (tertiary/aromatic N) is 1. The van der Waals surface area contributed by atoms with Gasteiger partial charge < -0.3 is 15.3 Å². The summed E-state index contributed by atoms with van der Waals surface area (Å²) in [7, 11) is 0. The number of rotatable bonds is 4. The fourth-order valence-electron chi connectivity index (χ4n) is 1.84. The van der Waals surface area contributed by atoms with E-state index in [1.165, 1.54) is 12.8 Å². The minimum atomic E-state index is -0.975. The maximum Gasteiger partial charge on any atom is 0.108 e. The molecule has 0 aliphatic carbocycles. The summed E-state index contributed by atoms with van der Waals surface area (Å²) in [6.45, 7) is 3.99. The molecular weight excluding hydrogens is 182 g/mol. The summed E-state index contributed by atoms with van der Waals surface area (Å²) >= 11 is 0. The van der Waals surface area contributed by atoms with E-state index in [1.807, 2.05) is 4.90 Å². The van der Waals surface area contributed by atoms with Crippen LogP contribution in [0.4, 0.5) is 0 Å². The topological polar surface area (TPSA) is 63.9 Å². The van der Waals surface area contributed by atoms with Gasteiger partial charge >= 0.3 is 0 Å². The second-order valence-electron chi connectivity index (χ2n) is 4.09. The summed E-state index contributed by atoms with van der Waals surface area (Å²) < 4.78 is 0. The average Bonchev–Trinajstić information content (AvgIpc) is 2.14. The van der Waals surface area contributed by atoms with Crippen LogP contribution in [0.1, 0.15) is 26.2 Å². The van der Waals surface area contributed by atoms with Crippen molar-refractivity contribution >= 4 is 0 Å². The second-order valence-corrected chi connectivity index (χ2v) is 4.09. The molecule has 1 heterocycles. The lowest BCUT2D eigenvalue weighted by molar-refractivity contribution is -0.109. The van der Waals surface area contributed by atoms with Crippen molar-refractivity contribution in [3.63, 3.8) is 0 Å². The molecule has 1 aliphatic heterocycles. The van der Waals surface area contributed by atoms with E-state index in [9.17, 15) is 15.3 Å². The van der Waals surface area contributed by atoms with Crippen LogP contribution >= 0.6 is 0 Å². The van der Waals surface area contributed by atoms with Gasteiger partial charge in [-0.3, -0.25) is 4.90 Å². The van der Waals surface area contributed by atoms with Gasteiger partial charge in [0, 0.05) is 13.1 Å². The van der Waals surface area contributed by atoms with E-state index in [-0.39, 0.29) is 0 Å². The van der Waals surface area contributed by atoms with Crippen molar-refractivity contribution in [2.75, 3.05) is 19.6 Å². The summed E-state index contributed by atoms with van der Waals surface area (Å²) in [5.74, 6) is 0. The Hall–Kier alpha value is -0.160. The highest BCUT2D eigenvalue weighted by Gasteiger charge is 2.32. The second kappa shape index (κ2) is 5.66. The predicted molar refractivity (Wildman–Crippen MR) is 54.0 cm³/mol. The van der Waals surface area contributed by atoms with Crippen molar-refractivity contribution in [2.24, 2.45) is 0 Å². The molecule has 0 radical (unpaired) electrons. The molecular formula is C10H21NO3. The summed E-state index contributed by atoms with van der Waals surface area (Å²) in [6.07, 6.45) is 0.844. The summed E-state index contributed by atoms with van der Waals surface area (Å²) in [5.41, 5.74) is 0. The van der Waals surface area contributed by atoms with Gasteiger partial charge in [0.05, 0.1) is 12.2 Å². The summed E-state index contributed by atoms with van der Waals surface area (Å²) in [4.78, 5) is 2.01. The number of hydrogen-bond acceptors (Lipinski definition) is 4. The molecule has 0 aromatic heterocycles. The molecule has 1 aliphatic rings. The van der Waals surface area contributed by atoms with Gasteiger partial charge in [0.2, 0.25) is 0 Å². The number of aliphatic hydroxyl groups is 3. The van der Waals surface area contributed by atoms with E-state index in [2.05, 4.69) is 6.92 Å². The Labute approximate surface area is 85.2 Å². The van der Waals surface area contributed by atoms with Gasteiger partial charge in [0.1, 0.15) is 6.10 Å². The lowest BCUT2D eigenvalue weighted by Crippen LogP contribution is -2.55. The van der Waals surface area contributed by atoms with Crippen LogP contribution in [0.2, 0.25) is 0 Å². The molecule has 1 rings (SSSR count). The van der Waals surface area contributed by atoms with Crippen LogP contribution < -0.4 is 0 Å². The lowest BCUT2D eigenvalue weighted by Gasteiger charge is -2.36. The Kier molecular flexibility index (Phi) is 4.81. The first-order chi connectivity index (χ1) is 6.65. The van der Waals surface area contributed by atoms with Gasteiger partial charge in [0.15, 0.2) is 0 Å². The van der Waals surface area contributed by atoms with Crippen LogP contribution in [0.25, 0.3) is 0 Å². The molecule has 0 saturated carbocycles. The van der Waals surface area contributed by atoms with E-state index in [0.29, 0.717) is 13.1 Å². The van der Waals surface area contributed by atoms with Crippen LogP contribution in [0, 0.1) is 0 Å². The SMILES string of the molecule is CCCCCN1C[C@@H](O)C(O)[C@H](O)C1. The Bertz CT molecular complexity index is 153. The first-order valence-corrected chi connectivity index (χ1v) is 5.41. The van der Waals surface area contributed by atoms with Crippen LogP contribution in [0.15, 0.2) is 0 Å². The fraction of sp³-hybridized carbons (Fsp3) is 1.00. The van der Waals surface area contributed by atoms with Crippen LogP contribution in [-0.4, -0.2) is 58.2 Å². The molecule has 0 spiro atoms. The average molecular weight is 203 g/mol. The minimum absolute atomic E-state index is 0.474. The highest BCUT2D eigenvalue weighted by molar-refractivity contribution is 4.86. The highest BCUT2D eigenvalue weighted by Crippen LogP contribution is 2.12. The largest absolute Gasteiger partial charge is 0.389 e. The zero-order chi connectivity index (χ0) is 10.6. The molecule has 0 aromatic carbocycles. The van der Waals surface area contributed by atoms with Gasteiger partial charge in [-0.1, -0.05) is 19.8 Å². The van der Waals surface area contributed by atoms with E-state index in [4.69, 9.17) is 0 Å². The molecule has 3 N–H and O–H groups in total. The number of likely N-dealkylation sites (tertiary alicyclic amines) is 1. The van der Waals surface area contributed by atoms with Crippen molar-refractivity contribution in [3.8, 4) is 0 Å². The molecule has 1 saturated heterocycles. The molecule has 0 unspecified atom stereocenters. The number of hydrogen-bond donors (Lipinski definition) is 3. The maximum absolute atomic E-state index is 9.42. The van der Waals surface area contributed by atoms with Crippen LogP contribution in [-0.2, 0) is 0 Å². The predicted octanol–water partition coefficient (Wildman–Crippen LogP) is -0.425. The summed E-state index contributed by atoms with van der Waals surface area (Å²) in [5, 5.41) is 28.2. The third-order valence-corrected chi connectivity index (χ3v) is 2.76. The Balaban J connectivity index is 2.27. The normalized spacial score (nSPS) is 30.9. The molecule has 4 nitrogen and oxygen atoms in total. The quantitative estimate of drug-likeness (QED) is 0.543. The zero-order valence-electron chi connectivity index (χ0n) is 8.76. The molecule has 4 heteroatoms. The van der Waals surface area contributed by atoms with Gasteiger partial charge in [-0.25, -0.2) is 0 Å². The van der Waals surface area contributed by atoms with E-state index in [0.717, 1.165) is 13.0 Å². The molecule has 2 atom stereocenters. The molecule has 0 aromatic rings. The van der Waals surface area contributed by atoms with E-state index < -0.39 is 18.3 Å². The first kappa shape index (κ1) is 11.9. The zero-order valence-corrected chi connectivity index (χ0v) is 8.76. The fourth-order valence-corrected chi connectivity index (χ4v) is 1.84. The molecule has 84 valence electrons. The van der Waals surface area contributed by atoms with Crippen LogP contribution in [0.3, 0.4) is 0 Å². The molecule has 14 heavy (non-hydrogen) atoms. The van der Waals surface area contributed by atoms with E-state index >= 15 is 0 Å². The number of aliphatic hydroxyl groups excluding tert-OH is 3. The third-order valence-electron chi connectivity index (χ3n) is 2.76. The monoisotopic (exact) mass is 203 g/mol. The Morgan fingerprint density at radius 3 is 2.14 bits per heavy atom. The van der Waals surface area contributed by atoms with Gasteiger partial charge in [0.25, 0.3) is 0 Å². The van der Waals surface area contributed by atoms with Crippen LogP contribution in [0.5, 0.6) is 0 Å².